The third-order valence-electron chi connectivity index (χ3n) is 7.02. The lowest BCUT2D eigenvalue weighted by molar-refractivity contribution is -0.133. The van der Waals surface area contributed by atoms with E-state index in [1.165, 1.54) is 11.1 Å². The molecule has 2 amide bonds. The van der Waals surface area contributed by atoms with Crippen molar-refractivity contribution in [3.63, 3.8) is 0 Å². The topological polar surface area (TPSA) is 80.6 Å². The fourth-order valence-corrected chi connectivity index (χ4v) is 5.40. The number of fused-ring (bicyclic) bond motifs is 3. The summed E-state index contributed by atoms with van der Waals surface area (Å²) in [5, 5.41) is 4.52. The first-order chi connectivity index (χ1) is 16.2. The Labute approximate surface area is 191 Å². The van der Waals surface area contributed by atoms with Gasteiger partial charge in [0, 0.05) is 49.7 Å². The quantitative estimate of drug-likeness (QED) is 0.619. The third kappa shape index (κ3) is 3.55. The van der Waals surface area contributed by atoms with E-state index in [0.717, 1.165) is 30.5 Å². The number of pyridine rings is 1. The van der Waals surface area contributed by atoms with Gasteiger partial charge in [0.25, 0.3) is 0 Å². The van der Waals surface area contributed by atoms with E-state index in [-0.39, 0.29) is 36.7 Å². The van der Waals surface area contributed by atoms with Gasteiger partial charge >= 0.3 is 6.09 Å². The molecule has 2 aromatic heterocycles. The number of amides is 2. The molecule has 33 heavy (non-hydrogen) atoms. The molecule has 0 unspecified atom stereocenters. The van der Waals surface area contributed by atoms with Gasteiger partial charge in [0.2, 0.25) is 5.91 Å². The summed E-state index contributed by atoms with van der Waals surface area (Å²) in [6.45, 7) is 1.46. The highest BCUT2D eigenvalue weighted by Crippen LogP contribution is 2.44. The van der Waals surface area contributed by atoms with Gasteiger partial charge in [0.1, 0.15) is 12.6 Å². The van der Waals surface area contributed by atoms with Crippen molar-refractivity contribution >= 4 is 12.0 Å². The molecule has 168 valence electrons. The molecular formula is C25H25N5O3. The Hall–Kier alpha value is -3.68. The van der Waals surface area contributed by atoms with E-state index in [4.69, 9.17) is 4.74 Å². The van der Waals surface area contributed by atoms with E-state index in [1.807, 2.05) is 46.3 Å². The number of hydrogen-bond acceptors (Lipinski definition) is 5. The van der Waals surface area contributed by atoms with Gasteiger partial charge in [-0.15, -0.1) is 0 Å². The van der Waals surface area contributed by atoms with Crippen LogP contribution in [0.4, 0.5) is 4.79 Å². The van der Waals surface area contributed by atoms with Crippen molar-refractivity contribution in [1.82, 2.24) is 24.6 Å². The Balaban J connectivity index is 1.09. The average Bonchev–Trinajstić information content (AvgIpc) is 3.53. The molecule has 0 N–H and O–H groups in total. The van der Waals surface area contributed by atoms with Crippen molar-refractivity contribution < 1.29 is 14.3 Å². The highest BCUT2D eigenvalue weighted by molar-refractivity contribution is 5.76. The number of aromatic nitrogens is 3. The Morgan fingerprint density at radius 1 is 1.09 bits per heavy atom. The largest absolute Gasteiger partial charge is 0.443 e. The zero-order valence-corrected chi connectivity index (χ0v) is 18.2. The number of piperidine rings is 1. The second kappa shape index (κ2) is 8.03. The van der Waals surface area contributed by atoms with E-state index in [0.29, 0.717) is 13.1 Å². The highest BCUT2D eigenvalue weighted by atomic mass is 16.6. The van der Waals surface area contributed by atoms with Gasteiger partial charge in [-0.05, 0) is 42.2 Å². The number of nitrogens with zero attached hydrogens (tertiary/aromatic N) is 5. The minimum absolute atomic E-state index is 0.00377. The van der Waals surface area contributed by atoms with Crippen LogP contribution in [-0.4, -0.2) is 61.8 Å². The first kappa shape index (κ1) is 20.0. The fourth-order valence-electron chi connectivity index (χ4n) is 5.40. The number of carbonyl (C=O) groups is 2. The zero-order chi connectivity index (χ0) is 22.4. The van der Waals surface area contributed by atoms with Crippen molar-refractivity contribution in [3.05, 3.63) is 72.2 Å². The van der Waals surface area contributed by atoms with E-state index in [1.54, 1.807) is 17.1 Å². The Morgan fingerprint density at radius 3 is 2.76 bits per heavy atom. The molecule has 3 aliphatic rings. The normalized spacial score (nSPS) is 22.2. The van der Waals surface area contributed by atoms with Crippen LogP contribution in [0.15, 0.2) is 61.1 Å². The van der Waals surface area contributed by atoms with Gasteiger partial charge in [-0.25, -0.2) is 4.79 Å². The zero-order valence-electron chi connectivity index (χ0n) is 18.2. The molecule has 3 aromatic rings. The summed E-state index contributed by atoms with van der Waals surface area (Å²) in [4.78, 5) is 33.5. The van der Waals surface area contributed by atoms with Crippen LogP contribution >= 0.6 is 0 Å². The Morgan fingerprint density at radius 2 is 1.94 bits per heavy atom. The predicted octanol–water partition coefficient (Wildman–Crippen LogP) is 3.05. The number of ether oxygens (including phenoxy) is 1. The standard InChI is InChI=1S/C25H25N5O3/c31-23(16-29-13-9-21(27-29)18-5-3-10-26-15-18)28-11-7-19(8-12-28)30-24-20-6-2-1-4-17(20)14-22(24)33-25(30)32/h1-6,9-10,13,15,19,22,24H,7-8,11-12,14,16H2/t22-,24+/m0/s1. The molecule has 4 heterocycles. The van der Waals surface area contributed by atoms with Gasteiger partial charge in [-0.2, -0.15) is 5.10 Å². The molecule has 1 aromatic carbocycles. The number of benzene rings is 1. The lowest BCUT2D eigenvalue weighted by Crippen LogP contribution is -2.48. The smallest absolute Gasteiger partial charge is 0.411 e. The van der Waals surface area contributed by atoms with Gasteiger partial charge in [-0.3, -0.25) is 19.4 Å². The van der Waals surface area contributed by atoms with Gasteiger partial charge in [-0.1, -0.05) is 24.3 Å². The summed E-state index contributed by atoms with van der Waals surface area (Å²) in [5.41, 5.74) is 4.19. The molecule has 2 saturated heterocycles. The summed E-state index contributed by atoms with van der Waals surface area (Å²) in [5.74, 6) is 0.0439. The van der Waals surface area contributed by atoms with Crippen LogP contribution in [0, 0.1) is 0 Å². The van der Waals surface area contributed by atoms with Crippen molar-refractivity contribution in [2.45, 2.75) is 44.0 Å². The second-order valence-corrected chi connectivity index (χ2v) is 8.93. The highest BCUT2D eigenvalue weighted by Gasteiger charge is 2.50. The van der Waals surface area contributed by atoms with Crippen LogP contribution in [-0.2, 0) is 22.5 Å². The maximum Gasteiger partial charge on any atom is 0.411 e. The molecular weight excluding hydrogens is 418 g/mol. The molecule has 2 atom stereocenters. The Bertz CT molecular complexity index is 1190. The maximum absolute atomic E-state index is 12.9. The lowest BCUT2D eigenvalue weighted by atomic mass is 9.99. The van der Waals surface area contributed by atoms with E-state index < -0.39 is 0 Å². The predicted molar refractivity (Wildman–Crippen MR) is 120 cm³/mol. The van der Waals surface area contributed by atoms with Crippen LogP contribution in [0.3, 0.4) is 0 Å². The SMILES string of the molecule is O=C(Cn1ccc(-c2cccnc2)n1)N1CCC(N2C(=O)O[C@H]3Cc4ccccc4[C@H]32)CC1. The first-order valence-corrected chi connectivity index (χ1v) is 11.5. The molecule has 2 fully saturated rings. The second-order valence-electron chi connectivity index (χ2n) is 8.93. The van der Waals surface area contributed by atoms with Gasteiger partial charge < -0.3 is 9.64 Å². The summed E-state index contributed by atoms with van der Waals surface area (Å²) in [6, 6.07) is 14.1. The maximum atomic E-state index is 12.9. The molecule has 6 rings (SSSR count). The van der Waals surface area contributed by atoms with Crippen LogP contribution in [0.5, 0.6) is 0 Å². The molecule has 0 bridgehead atoms. The minimum atomic E-state index is -0.219. The summed E-state index contributed by atoms with van der Waals surface area (Å²) < 4.78 is 7.39. The van der Waals surface area contributed by atoms with Crippen molar-refractivity contribution in [2.75, 3.05) is 13.1 Å². The van der Waals surface area contributed by atoms with Crippen LogP contribution in [0.25, 0.3) is 11.3 Å². The van der Waals surface area contributed by atoms with Crippen LogP contribution in [0.2, 0.25) is 0 Å². The molecule has 8 nitrogen and oxygen atoms in total. The lowest BCUT2D eigenvalue weighted by Gasteiger charge is -2.38. The number of carbonyl (C=O) groups excluding carboxylic acids is 2. The van der Waals surface area contributed by atoms with Gasteiger partial charge in [0.05, 0.1) is 11.7 Å². The molecule has 0 saturated carbocycles. The van der Waals surface area contributed by atoms with E-state index in [2.05, 4.69) is 22.2 Å². The third-order valence-corrected chi connectivity index (χ3v) is 7.02. The van der Waals surface area contributed by atoms with Crippen molar-refractivity contribution in [2.24, 2.45) is 0 Å². The molecule has 1 aliphatic carbocycles. The van der Waals surface area contributed by atoms with Crippen LogP contribution in [0.1, 0.15) is 30.0 Å². The number of rotatable bonds is 4. The number of likely N-dealkylation sites (tertiary alicyclic amines) is 1. The number of hydrogen-bond donors (Lipinski definition) is 0. The minimum Gasteiger partial charge on any atom is -0.443 e. The van der Waals surface area contributed by atoms with E-state index in [9.17, 15) is 9.59 Å². The van der Waals surface area contributed by atoms with Crippen LogP contribution < -0.4 is 0 Å². The monoisotopic (exact) mass is 443 g/mol. The van der Waals surface area contributed by atoms with Crippen molar-refractivity contribution in [3.8, 4) is 11.3 Å². The molecule has 0 radical (unpaired) electrons. The molecule has 8 heteroatoms. The van der Waals surface area contributed by atoms with Gasteiger partial charge in [0.15, 0.2) is 0 Å². The first-order valence-electron chi connectivity index (χ1n) is 11.5. The average molecular weight is 444 g/mol. The summed E-state index contributed by atoms with van der Waals surface area (Å²) in [7, 11) is 0. The summed E-state index contributed by atoms with van der Waals surface area (Å²) in [6.07, 6.45) is 7.29. The molecule has 2 aliphatic heterocycles. The summed E-state index contributed by atoms with van der Waals surface area (Å²) >= 11 is 0. The Kier molecular flexibility index (Phi) is 4.86. The van der Waals surface area contributed by atoms with E-state index >= 15 is 0 Å². The fraction of sp³-hybridized carbons (Fsp3) is 0.360. The van der Waals surface area contributed by atoms with Crippen molar-refractivity contribution in [1.29, 1.82) is 0 Å². The molecule has 0 spiro atoms.